The highest BCUT2D eigenvalue weighted by Gasteiger charge is 2.30. The lowest BCUT2D eigenvalue weighted by Crippen LogP contribution is -2.40. The van der Waals surface area contributed by atoms with Crippen molar-refractivity contribution in [1.82, 2.24) is 18.7 Å². The summed E-state index contributed by atoms with van der Waals surface area (Å²) >= 11 is 0. The minimum absolute atomic E-state index is 0.261. The van der Waals surface area contributed by atoms with Gasteiger partial charge in [0.15, 0.2) is 11.2 Å². The fourth-order valence-electron chi connectivity index (χ4n) is 3.85. The van der Waals surface area contributed by atoms with Crippen molar-refractivity contribution in [1.29, 1.82) is 0 Å². The van der Waals surface area contributed by atoms with Crippen molar-refractivity contribution in [2.75, 3.05) is 11.4 Å². The van der Waals surface area contributed by atoms with Crippen LogP contribution in [0.1, 0.15) is 19.4 Å². The molecule has 0 spiro atoms. The Hall–Kier alpha value is -2.83. The topological polar surface area (TPSA) is 65.1 Å². The standard InChI is InChI=1S/C19H23N5O2/c1-5-22-17(25)15-16(21(4)19(22)26)20-18-23(10-12(2)11-24(15)18)14-9-7-6-8-13(14)3/h6-9,12H,5,10-11H2,1-4H3/t12-/m0/s1. The third-order valence-electron chi connectivity index (χ3n) is 5.16. The number of hydrogen-bond acceptors (Lipinski definition) is 4. The van der Waals surface area contributed by atoms with E-state index in [2.05, 4.69) is 30.9 Å². The molecule has 3 aromatic rings. The van der Waals surface area contributed by atoms with Crippen molar-refractivity contribution < 1.29 is 0 Å². The van der Waals surface area contributed by atoms with Crippen LogP contribution in [-0.2, 0) is 20.1 Å². The molecule has 7 nitrogen and oxygen atoms in total. The zero-order valence-corrected chi connectivity index (χ0v) is 15.6. The van der Waals surface area contributed by atoms with Gasteiger partial charge in [0.1, 0.15) is 0 Å². The van der Waals surface area contributed by atoms with E-state index in [1.54, 1.807) is 7.05 Å². The minimum Gasteiger partial charge on any atom is -0.311 e. The number of imidazole rings is 1. The maximum absolute atomic E-state index is 13.0. The highest BCUT2D eigenvalue weighted by molar-refractivity contribution is 5.77. The lowest BCUT2D eigenvalue weighted by Gasteiger charge is -2.33. The normalized spacial score (nSPS) is 16.9. The van der Waals surface area contributed by atoms with E-state index in [9.17, 15) is 9.59 Å². The van der Waals surface area contributed by atoms with Gasteiger partial charge in [0, 0.05) is 32.4 Å². The van der Waals surface area contributed by atoms with E-state index in [0.717, 1.165) is 23.7 Å². The molecule has 136 valence electrons. The second kappa shape index (κ2) is 5.86. The molecule has 1 aliphatic heterocycles. The average Bonchev–Trinajstić information content (AvgIpc) is 3.00. The second-order valence-electron chi connectivity index (χ2n) is 7.09. The van der Waals surface area contributed by atoms with Crippen LogP contribution in [0, 0.1) is 12.8 Å². The molecule has 0 fully saturated rings. The average molecular weight is 353 g/mol. The molecule has 3 heterocycles. The molecule has 0 amide bonds. The Morgan fingerprint density at radius 1 is 1.19 bits per heavy atom. The number of aryl methyl sites for hydroxylation is 2. The fraction of sp³-hybridized carbons (Fsp3) is 0.421. The van der Waals surface area contributed by atoms with Crippen LogP contribution in [-0.4, -0.2) is 25.2 Å². The molecular weight excluding hydrogens is 330 g/mol. The number of nitrogens with zero attached hydrogens (tertiary/aromatic N) is 5. The fourth-order valence-corrected chi connectivity index (χ4v) is 3.85. The molecule has 1 aliphatic rings. The number of para-hydroxylation sites is 1. The number of aromatic nitrogens is 4. The monoisotopic (exact) mass is 353 g/mol. The Bertz CT molecular complexity index is 1120. The van der Waals surface area contributed by atoms with Crippen LogP contribution >= 0.6 is 0 Å². The molecule has 26 heavy (non-hydrogen) atoms. The molecule has 0 N–H and O–H groups in total. The molecule has 7 heteroatoms. The SMILES string of the molecule is CCn1c(=O)c2c(nc3n2C[C@@H](C)CN3c2ccccc2C)n(C)c1=O. The summed E-state index contributed by atoms with van der Waals surface area (Å²) in [5, 5.41) is 0. The Morgan fingerprint density at radius 3 is 2.62 bits per heavy atom. The van der Waals surface area contributed by atoms with Gasteiger partial charge in [-0.2, -0.15) is 4.98 Å². The molecule has 1 aromatic carbocycles. The lowest BCUT2D eigenvalue weighted by molar-refractivity contribution is 0.457. The van der Waals surface area contributed by atoms with Crippen molar-refractivity contribution >= 4 is 22.8 Å². The Morgan fingerprint density at radius 2 is 1.92 bits per heavy atom. The van der Waals surface area contributed by atoms with Gasteiger partial charge < -0.3 is 9.47 Å². The molecular formula is C19H23N5O2. The summed E-state index contributed by atoms with van der Waals surface area (Å²) in [5.74, 6) is 1.08. The number of fused-ring (bicyclic) bond motifs is 3. The number of anilines is 2. The molecule has 0 saturated heterocycles. The summed E-state index contributed by atoms with van der Waals surface area (Å²) in [6.45, 7) is 7.93. The minimum atomic E-state index is -0.323. The summed E-state index contributed by atoms with van der Waals surface area (Å²) in [5.41, 5.74) is 2.61. The van der Waals surface area contributed by atoms with Crippen molar-refractivity contribution in [2.45, 2.75) is 33.9 Å². The highest BCUT2D eigenvalue weighted by Crippen LogP contribution is 2.34. The van der Waals surface area contributed by atoms with E-state index in [1.807, 2.05) is 23.6 Å². The van der Waals surface area contributed by atoms with Crippen LogP contribution in [0.25, 0.3) is 11.2 Å². The van der Waals surface area contributed by atoms with Crippen LogP contribution < -0.4 is 16.1 Å². The summed E-state index contributed by atoms with van der Waals surface area (Å²) in [7, 11) is 1.68. The smallest absolute Gasteiger partial charge is 0.311 e. The van der Waals surface area contributed by atoms with E-state index in [1.165, 1.54) is 9.13 Å². The van der Waals surface area contributed by atoms with Crippen LogP contribution in [0.15, 0.2) is 33.9 Å². The van der Waals surface area contributed by atoms with Gasteiger partial charge in [-0.15, -0.1) is 0 Å². The molecule has 0 unspecified atom stereocenters. The van der Waals surface area contributed by atoms with Crippen molar-refractivity contribution in [3.8, 4) is 0 Å². The van der Waals surface area contributed by atoms with E-state index >= 15 is 0 Å². The van der Waals surface area contributed by atoms with Crippen LogP contribution in [0.2, 0.25) is 0 Å². The van der Waals surface area contributed by atoms with Crippen molar-refractivity contribution in [2.24, 2.45) is 13.0 Å². The van der Waals surface area contributed by atoms with Gasteiger partial charge in [-0.05, 0) is 31.4 Å². The molecule has 1 atom stereocenters. The Balaban J connectivity index is 2.07. The maximum atomic E-state index is 13.0. The van der Waals surface area contributed by atoms with Gasteiger partial charge in [0.2, 0.25) is 5.95 Å². The predicted molar refractivity (Wildman–Crippen MR) is 102 cm³/mol. The first kappa shape index (κ1) is 16.6. The van der Waals surface area contributed by atoms with E-state index in [-0.39, 0.29) is 11.2 Å². The van der Waals surface area contributed by atoms with Crippen LogP contribution in [0.5, 0.6) is 0 Å². The number of rotatable bonds is 2. The van der Waals surface area contributed by atoms with E-state index < -0.39 is 0 Å². The summed E-state index contributed by atoms with van der Waals surface area (Å²) in [6.07, 6.45) is 0. The van der Waals surface area contributed by atoms with E-state index in [0.29, 0.717) is 30.2 Å². The second-order valence-corrected chi connectivity index (χ2v) is 7.09. The molecule has 0 bridgehead atoms. The van der Waals surface area contributed by atoms with Crippen LogP contribution in [0.4, 0.5) is 11.6 Å². The number of benzene rings is 1. The third kappa shape index (κ3) is 2.23. The molecule has 2 aromatic heterocycles. The zero-order valence-electron chi connectivity index (χ0n) is 15.6. The summed E-state index contributed by atoms with van der Waals surface area (Å²) < 4.78 is 4.73. The predicted octanol–water partition coefficient (Wildman–Crippen LogP) is 2.01. The highest BCUT2D eigenvalue weighted by atomic mass is 16.2. The first-order valence-corrected chi connectivity index (χ1v) is 8.97. The van der Waals surface area contributed by atoms with Crippen molar-refractivity contribution in [3.63, 3.8) is 0 Å². The van der Waals surface area contributed by atoms with Crippen molar-refractivity contribution in [3.05, 3.63) is 50.7 Å². The van der Waals surface area contributed by atoms with Gasteiger partial charge >= 0.3 is 5.69 Å². The van der Waals surface area contributed by atoms with Gasteiger partial charge in [0.25, 0.3) is 5.56 Å². The Labute approximate surface area is 151 Å². The van der Waals surface area contributed by atoms with Gasteiger partial charge in [0.05, 0.1) is 0 Å². The molecule has 0 aliphatic carbocycles. The van der Waals surface area contributed by atoms with Gasteiger partial charge in [-0.1, -0.05) is 25.1 Å². The summed E-state index contributed by atoms with van der Waals surface area (Å²) in [6, 6.07) is 8.16. The zero-order chi connectivity index (χ0) is 18.6. The first-order chi connectivity index (χ1) is 12.4. The number of hydrogen-bond donors (Lipinski definition) is 0. The molecule has 0 saturated carbocycles. The largest absolute Gasteiger partial charge is 0.332 e. The van der Waals surface area contributed by atoms with Gasteiger partial charge in [-0.25, -0.2) is 4.79 Å². The first-order valence-electron chi connectivity index (χ1n) is 8.97. The third-order valence-corrected chi connectivity index (χ3v) is 5.16. The summed E-state index contributed by atoms with van der Waals surface area (Å²) in [4.78, 5) is 32.3. The Kier molecular flexibility index (Phi) is 3.75. The van der Waals surface area contributed by atoms with Gasteiger partial charge in [-0.3, -0.25) is 13.9 Å². The van der Waals surface area contributed by atoms with E-state index in [4.69, 9.17) is 4.98 Å². The quantitative estimate of drug-likeness (QED) is 0.707. The molecule has 0 radical (unpaired) electrons. The maximum Gasteiger partial charge on any atom is 0.332 e. The molecule has 4 rings (SSSR count). The van der Waals surface area contributed by atoms with Crippen LogP contribution in [0.3, 0.4) is 0 Å². The lowest BCUT2D eigenvalue weighted by atomic mass is 10.1.